The summed E-state index contributed by atoms with van der Waals surface area (Å²) in [6.07, 6.45) is 0.0430. The van der Waals surface area contributed by atoms with Gasteiger partial charge in [-0.25, -0.2) is 0 Å². The van der Waals surface area contributed by atoms with Crippen LogP contribution in [-0.4, -0.2) is 24.2 Å². The molecule has 1 N–H and O–H groups in total. The molecule has 0 spiro atoms. The maximum atomic E-state index is 10.5. The van der Waals surface area contributed by atoms with Crippen molar-refractivity contribution >= 4 is 23.3 Å². The fourth-order valence-electron chi connectivity index (χ4n) is 1.55. The summed E-state index contributed by atoms with van der Waals surface area (Å²) in [6.45, 7) is 2.93. The maximum absolute atomic E-state index is 10.5. The standard InChI is InChI=1S/C12H13ClN2O2/c1-2-15(6-5-12(16)17)11-4-3-10(13)7-9(11)8-14/h3-4,7H,2,5-6H2,1H3,(H,16,17). The Morgan fingerprint density at radius 2 is 2.29 bits per heavy atom. The molecule has 0 saturated carbocycles. The Morgan fingerprint density at radius 3 is 2.82 bits per heavy atom. The highest BCUT2D eigenvalue weighted by molar-refractivity contribution is 6.30. The third-order valence-electron chi connectivity index (χ3n) is 2.40. The predicted octanol–water partition coefficient (Wildman–Crippen LogP) is 2.51. The van der Waals surface area contributed by atoms with Gasteiger partial charge in [-0.3, -0.25) is 4.79 Å². The number of hydrogen-bond donors (Lipinski definition) is 1. The Morgan fingerprint density at radius 1 is 1.59 bits per heavy atom. The number of aliphatic carboxylic acids is 1. The Balaban J connectivity index is 2.95. The summed E-state index contributed by atoms with van der Waals surface area (Å²) in [6, 6.07) is 7.09. The Kier molecular flexibility index (Phi) is 4.80. The predicted molar refractivity (Wildman–Crippen MR) is 66.3 cm³/mol. The first-order valence-corrected chi connectivity index (χ1v) is 5.62. The highest BCUT2D eigenvalue weighted by atomic mass is 35.5. The van der Waals surface area contributed by atoms with Crippen LogP contribution in [0.4, 0.5) is 5.69 Å². The van der Waals surface area contributed by atoms with Gasteiger partial charge in [-0.2, -0.15) is 5.26 Å². The highest BCUT2D eigenvalue weighted by Crippen LogP contribution is 2.23. The van der Waals surface area contributed by atoms with Gasteiger partial charge in [-0.05, 0) is 25.1 Å². The number of nitrogens with zero attached hydrogens (tertiary/aromatic N) is 2. The lowest BCUT2D eigenvalue weighted by atomic mass is 10.1. The number of benzene rings is 1. The second-order valence-corrected chi connectivity index (χ2v) is 3.93. The van der Waals surface area contributed by atoms with E-state index < -0.39 is 5.97 Å². The topological polar surface area (TPSA) is 64.3 Å². The molecular formula is C12H13ClN2O2. The van der Waals surface area contributed by atoms with Gasteiger partial charge in [0, 0.05) is 18.1 Å². The molecule has 0 fully saturated rings. The van der Waals surface area contributed by atoms with Crippen LogP contribution in [0.5, 0.6) is 0 Å². The first-order valence-electron chi connectivity index (χ1n) is 5.25. The molecule has 1 rings (SSSR count). The summed E-state index contributed by atoms with van der Waals surface area (Å²) in [5.74, 6) is -0.851. The molecule has 1 aromatic rings. The van der Waals surface area contributed by atoms with Gasteiger partial charge in [0.15, 0.2) is 0 Å². The molecule has 0 unspecified atom stereocenters. The zero-order chi connectivity index (χ0) is 12.8. The number of halogens is 1. The third-order valence-corrected chi connectivity index (χ3v) is 2.63. The number of anilines is 1. The van der Waals surface area contributed by atoms with Crippen LogP contribution in [0.15, 0.2) is 18.2 Å². The minimum atomic E-state index is -0.851. The molecule has 0 aliphatic heterocycles. The van der Waals surface area contributed by atoms with Crippen molar-refractivity contribution in [2.75, 3.05) is 18.0 Å². The number of rotatable bonds is 5. The maximum Gasteiger partial charge on any atom is 0.305 e. The molecule has 0 atom stereocenters. The van der Waals surface area contributed by atoms with Crippen LogP contribution in [0.25, 0.3) is 0 Å². The quantitative estimate of drug-likeness (QED) is 0.875. The van der Waals surface area contributed by atoms with E-state index in [9.17, 15) is 4.79 Å². The second kappa shape index (κ2) is 6.12. The van der Waals surface area contributed by atoms with Crippen LogP contribution in [0.1, 0.15) is 18.9 Å². The minimum absolute atomic E-state index is 0.0430. The number of nitriles is 1. The number of carbonyl (C=O) groups is 1. The van der Waals surface area contributed by atoms with Crippen molar-refractivity contribution in [3.05, 3.63) is 28.8 Å². The fourth-order valence-corrected chi connectivity index (χ4v) is 1.73. The number of carboxylic acid groups (broad SMARTS) is 1. The molecular weight excluding hydrogens is 240 g/mol. The van der Waals surface area contributed by atoms with E-state index in [0.29, 0.717) is 23.7 Å². The van der Waals surface area contributed by atoms with Crippen LogP contribution in [0.3, 0.4) is 0 Å². The molecule has 0 bridgehead atoms. The zero-order valence-corrected chi connectivity index (χ0v) is 10.2. The van der Waals surface area contributed by atoms with E-state index in [1.54, 1.807) is 18.2 Å². The molecule has 0 aliphatic carbocycles. The lowest BCUT2D eigenvalue weighted by Crippen LogP contribution is -2.26. The summed E-state index contributed by atoms with van der Waals surface area (Å²) in [7, 11) is 0. The third kappa shape index (κ3) is 3.65. The van der Waals surface area contributed by atoms with Crippen molar-refractivity contribution < 1.29 is 9.90 Å². The summed E-state index contributed by atoms with van der Waals surface area (Å²) >= 11 is 5.81. The SMILES string of the molecule is CCN(CCC(=O)O)c1ccc(Cl)cc1C#N. The van der Waals surface area contributed by atoms with Gasteiger partial charge >= 0.3 is 5.97 Å². The van der Waals surface area contributed by atoms with Gasteiger partial charge < -0.3 is 10.0 Å². The van der Waals surface area contributed by atoms with Crippen LogP contribution in [-0.2, 0) is 4.79 Å². The molecule has 0 amide bonds. The Hall–Kier alpha value is -1.73. The van der Waals surface area contributed by atoms with Crippen molar-refractivity contribution in [3.63, 3.8) is 0 Å². The first-order chi connectivity index (χ1) is 8.08. The molecule has 1 aromatic carbocycles. The van der Waals surface area contributed by atoms with Crippen LogP contribution >= 0.6 is 11.6 Å². The molecule has 90 valence electrons. The molecule has 0 heterocycles. The smallest absolute Gasteiger partial charge is 0.305 e. The monoisotopic (exact) mass is 252 g/mol. The second-order valence-electron chi connectivity index (χ2n) is 3.50. The van der Waals surface area contributed by atoms with Crippen LogP contribution in [0.2, 0.25) is 5.02 Å². The van der Waals surface area contributed by atoms with Crippen molar-refractivity contribution in [1.82, 2.24) is 0 Å². The first kappa shape index (κ1) is 13.3. The van der Waals surface area contributed by atoms with E-state index in [1.165, 1.54) is 0 Å². The van der Waals surface area contributed by atoms with Crippen molar-refractivity contribution in [3.8, 4) is 6.07 Å². The molecule has 0 aliphatic rings. The van der Waals surface area contributed by atoms with Gasteiger partial charge in [-0.15, -0.1) is 0 Å². The van der Waals surface area contributed by atoms with Gasteiger partial charge in [0.05, 0.1) is 17.7 Å². The zero-order valence-electron chi connectivity index (χ0n) is 9.48. The summed E-state index contributed by atoms with van der Waals surface area (Å²) in [5.41, 5.74) is 1.19. The summed E-state index contributed by atoms with van der Waals surface area (Å²) in [4.78, 5) is 12.4. The molecule has 0 saturated heterocycles. The average Bonchev–Trinajstić information content (AvgIpc) is 2.30. The minimum Gasteiger partial charge on any atom is -0.481 e. The van der Waals surface area contributed by atoms with Crippen LogP contribution in [0, 0.1) is 11.3 Å². The number of hydrogen-bond acceptors (Lipinski definition) is 3. The lowest BCUT2D eigenvalue weighted by Gasteiger charge is -2.23. The summed E-state index contributed by atoms with van der Waals surface area (Å²) in [5, 5.41) is 18.2. The van der Waals surface area contributed by atoms with E-state index in [2.05, 4.69) is 6.07 Å². The van der Waals surface area contributed by atoms with Gasteiger partial charge in [0.25, 0.3) is 0 Å². The Labute approximate surface area is 105 Å². The average molecular weight is 253 g/mol. The van der Waals surface area contributed by atoms with E-state index in [4.69, 9.17) is 22.0 Å². The summed E-state index contributed by atoms with van der Waals surface area (Å²) < 4.78 is 0. The largest absolute Gasteiger partial charge is 0.481 e. The molecule has 5 heteroatoms. The van der Waals surface area contributed by atoms with E-state index in [1.807, 2.05) is 11.8 Å². The fraction of sp³-hybridized carbons (Fsp3) is 0.333. The normalized spacial score (nSPS) is 9.71. The molecule has 4 nitrogen and oxygen atoms in total. The van der Waals surface area contributed by atoms with Gasteiger partial charge in [-0.1, -0.05) is 11.6 Å². The van der Waals surface area contributed by atoms with E-state index in [0.717, 1.165) is 5.69 Å². The van der Waals surface area contributed by atoms with E-state index >= 15 is 0 Å². The molecule has 17 heavy (non-hydrogen) atoms. The van der Waals surface area contributed by atoms with Crippen molar-refractivity contribution in [2.45, 2.75) is 13.3 Å². The Bertz CT molecular complexity index is 454. The van der Waals surface area contributed by atoms with Crippen LogP contribution < -0.4 is 4.90 Å². The van der Waals surface area contributed by atoms with Crippen molar-refractivity contribution in [2.24, 2.45) is 0 Å². The highest BCUT2D eigenvalue weighted by Gasteiger charge is 2.11. The molecule has 0 radical (unpaired) electrons. The molecule has 0 aromatic heterocycles. The van der Waals surface area contributed by atoms with Gasteiger partial charge in [0.1, 0.15) is 6.07 Å². The van der Waals surface area contributed by atoms with Gasteiger partial charge in [0.2, 0.25) is 0 Å². The number of carboxylic acids is 1. The van der Waals surface area contributed by atoms with Crippen molar-refractivity contribution in [1.29, 1.82) is 5.26 Å². The lowest BCUT2D eigenvalue weighted by molar-refractivity contribution is -0.136. The van der Waals surface area contributed by atoms with E-state index in [-0.39, 0.29) is 6.42 Å².